The molecule has 5 nitrogen and oxygen atoms in total. The summed E-state index contributed by atoms with van der Waals surface area (Å²) < 4.78 is 1.46. The van der Waals surface area contributed by atoms with Crippen molar-refractivity contribution in [1.29, 1.82) is 0 Å². The van der Waals surface area contributed by atoms with Crippen molar-refractivity contribution in [3.8, 4) is 5.88 Å². The Bertz CT molecular complexity index is 487. The largest absolute Gasteiger partial charge is 0.493 e. The molecule has 0 aliphatic rings. The molecule has 1 aromatic rings. The molecule has 7 heteroatoms. The van der Waals surface area contributed by atoms with Gasteiger partial charge in [-0.15, -0.1) is 6.58 Å². The van der Waals surface area contributed by atoms with E-state index in [-0.39, 0.29) is 12.4 Å². The number of hydrogen-bond donors (Lipinski definition) is 2. The molecule has 1 heterocycles. The highest BCUT2D eigenvalue weighted by atomic mass is 32.1. The van der Waals surface area contributed by atoms with E-state index in [1.54, 1.807) is 6.08 Å². The van der Waals surface area contributed by atoms with Gasteiger partial charge in [0.2, 0.25) is 5.88 Å². The molecule has 0 aliphatic carbocycles. The first-order chi connectivity index (χ1) is 7.56. The van der Waals surface area contributed by atoms with Crippen molar-refractivity contribution in [2.45, 2.75) is 6.54 Å². The Morgan fingerprint density at radius 2 is 2.38 bits per heavy atom. The molecule has 0 fully saturated rings. The van der Waals surface area contributed by atoms with Gasteiger partial charge in [-0.25, -0.2) is 0 Å². The van der Waals surface area contributed by atoms with Crippen LogP contribution < -0.4 is 0 Å². The third-order valence-electron chi connectivity index (χ3n) is 1.63. The zero-order chi connectivity index (χ0) is 12.1. The Morgan fingerprint density at radius 1 is 1.69 bits per heavy atom. The van der Waals surface area contributed by atoms with Gasteiger partial charge in [0.25, 0.3) is 0 Å². The van der Waals surface area contributed by atoms with Gasteiger partial charge in [0.15, 0.2) is 3.95 Å². The van der Waals surface area contributed by atoms with Crippen molar-refractivity contribution in [2.75, 3.05) is 6.54 Å². The van der Waals surface area contributed by atoms with Gasteiger partial charge >= 0.3 is 5.97 Å². The number of nitrogens with zero attached hydrogens (tertiary/aromatic N) is 2. The lowest BCUT2D eigenvalue weighted by Gasteiger charge is -1.99. The highest BCUT2D eigenvalue weighted by molar-refractivity contribution is 7.73. The van der Waals surface area contributed by atoms with Crippen LogP contribution in [0.3, 0.4) is 0 Å². The van der Waals surface area contributed by atoms with Gasteiger partial charge in [0, 0.05) is 6.21 Å². The summed E-state index contributed by atoms with van der Waals surface area (Å²) in [6, 6.07) is 0. The zero-order valence-electron chi connectivity index (χ0n) is 8.29. The van der Waals surface area contributed by atoms with Crippen LogP contribution in [0.5, 0.6) is 5.88 Å². The van der Waals surface area contributed by atoms with Gasteiger partial charge in [-0.3, -0.25) is 14.4 Å². The number of carboxylic acid groups (broad SMARTS) is 1. The molecule has 86 valence electrons. The monoisotopic (exact) mass is 258 g/mol. The molecule has 1 rings (SSSR count). The lowest BCUT2D eigenvalue weighted by molar-refractivity contribution is -0.137. The predicted molar refractivity (Wildman–Crippen MR) is 65.1 cm³/mol. The average molecular weight is 258 g/mol. The van der Waals surface area contributed by atoms with Crippen LogP contribution in [0.15, 0.2) is 17.6 Å². The number of carbonyl (C=O) groups is 1. The summed E-state index contributed by atoms with van der Waals surface area (Å²) in [5, 5.41) is 18.3. The smallest absolute Gasteiger partial charge is 0.323 e. The SMILES string of the molecule is C=CCN=Cc1sc(=S)n(CC(=O)O)c1O. The van der Waals surface area contributed by atoms with Gasteiger partial charge in [0.05, 0.1) is 6.54 Å². The van der Waals surface area contributed by atoms with Crippen molar-refractivity contribution in [3.05, 3.63) is 21.5 Å². The molecule has 0 spiro atoms. The van der Waals surface area contributed by atoms with E-state index in [2.05, 4.69) is 11.6 Å². The van der Waals surface area contributed by atoms with Crippen molar-refractivity contribution in [3.63, 3.8) is 0 Å². The van der Waals surface area contributed by atoms with Crippen molar-refractivity contribution >= 4 is 35.7 Å². The molecule has 0 saturated heterocycles. The molecule has 2 N–H and O–H groups in total. The molecule has 1 aromatic heterocycles. The molecule has 0 aliphatic heterocycles. The molecule has 0 atom stereocenters. The highest BCUT2D eigenvalue weighted by Crippen LogP contribution is 2.23. The van der Waals surface area contributed by atoms with E-state index in [0.717, 1.165) is 15.9 Å². The van der Waals surface area contributed by atoms with Crippen molar-refractivity contribution in [1.82, 2.24) is 4.57 Å². The minimum atomic E-state index is -1.06. The van der Waals surface area contributed by atoms with Crippen LogP contribution in [0.2, 0.25) is 0 Å². The number of aliphatic imine (C=N–C) groups is 1. The lowest BCUT2D eigenvalue weighted by atomic mass is 10.5. The number of rotatable bonds is 5. The fraction of sp³-hybridized carbons (Fsp3) is 0.222. The Kier molecular flexibility index (Phi) is 4.39. The van der Waals surface area contributed by atoms with Gasteiger partial charge < -0.3 is 10.2 Å². The fourth-order valence-electron chi connectivity index (χ4n) is 0.983. The van der Waals surface area contributed by atoms with Gasteiger partial charge in [-0.1, -0.05) is 17.4 Å². The summed E-state index contributed by atoms with van der Waals surface area (Å²) in [6.45, 7) is 3.58. The third-order valence-corrected chi connectivity index (χ3v) is 3.00. The minimum Gasteiger partial charge on any atom is -0.493 e. The van der Waals surface area contributed by atoms with Crippen LogP contribution in [0.1, 0.15) is 4.88 Å². The number of aromatic hydroxyl groups is 1. The second-order valence-electron chi connectivity index (χ2n) is 2.82. The van der Waals surface area contributed by atoms with E-state index in [0.29, 0.717) is 15.4 Å². The van der Waals surface area contributed by atoms with Crippen LogP contribution in [0.25, 0.3) is 0 Å². The van der Waals surface area contributed by atoms with E-state index in [1.807, 2.05) is 0 Å². The number of thiazole rings is 1. The van der Waals surface area contributed by atoms with Crippen LogP contribution in [0, 0.1) is 3.95 Å². The topological polar surface area (TPSA) is 74.8 Å². The Balaban J connectivity index is 3.01. The van der Waals surface area contributed by atoms with Crippen LogP contribution in [-0.4, -0.2) is 33.5 Å². The van der Waals surface area contributed by atoms with Crippen LogP contribution in [0.4, 0.5) is 0 Å². The molecule has 0 unspecified atom stereocenters. The number of hydrogen-bond acceptors (Lipinski definition) is 5. The Morgan fingerprint density at radius 3 is 2.94 bits per heavy atom. The summed E-state index contributed by atoms with van der Waals surface area (Å²) >= 11 is 6.05. The molecular formula is C9H10N2O3S2. The summed E-state index contributed by atoms with van der Waals surface area (Å²) in [4.78, 5) is 14.9. The molecule has 0 amide bonds. The summed E-state index contributed by atoms with van der Waals surface area (Å²) in [5.74, 6) is -1.22. The van der Waals surface area contributed by atoms with Crippen LogP contribution in [-0.2, 0) is 11.3 Å². The average Bonchev–Trinajstić information content (AvgIpc) is 2.46. The maximum atomic E-state index is 10.5. The zero-order valence-corrected chi connectivity index (χ0v) is 9.92. The normalized spacial score (nSPS) is 10.8. The Labute approximate surface area is 101 Å². The van der Waals surface area contributed by atoms with E-state index in [9.17, 15) is 9.90 Å². The highest BCUT2D eigenvalue weighted by Gasteiger charge is 2.12. The maximum absolute atomic E-state index is 10.5. The second kappa shape index (κ2) is 5.57. The quantitative estimate of drug-likeness (QED) is 0.478. The number of aliphatic carboxylic acids is 1. The summed E-state index contributed by atoms with van der Waals surface area (Å²) in [5.41, 5.74) is 0. The van der Waals surface area contributed by atoms with Gasteiger partial charge in [0.1, 0.15) is 11.4 Å². The van der Waals surface area contributed by atoms with Crippen LogP contribution >= 0.6 is 23.6 Å². The number of aromatic nitrogens is 1. The summed E-state index contributed by atoms with van der Waals surface area (Å²) in [6.07, 6.45) is 3.07. The first-order valence-electron chi connectivity index (χ1n) is 4.31. The lowest BCUT2D eigenvalue weighted by Crippen LogP contribution is -2.08. The van der Waals surface area contributed by atoms with E-state index >= 15 is 0 Å². The molecule has 16 heavy (non-hydrogen) atoms. The Hall–Kier alpha value is -1.47. The van der Waals surface area contributed by atoms with E-state index < -0.39 is 5.97 Å². The predicted octanol–water partition coefficient (Wildman–Crippen LogP) is 1.67. The molecule has 0 saturated carbocycles. The maximum Gasteiger partial charge on any atom is 0.323 e. The van der Waals surface area contributed by atoms with E-state index in [1.165, 1.54) is 6.21 Å². The standard InChI is InChI=1S/C9H10N2O3S2/c1-2-3-10-4-6-8(14)11(5-7(12)13)9(15)16-6/h2,4,14H,1,3,5H2,(H,12,13). The van der Waals surface area contributed by atoms with E-state index in [4.69, 9.17) is 17.3 Å². The third kappa shape index (κ3) is 3.01. The first-order valence-corrected chi connectivity index (χ1v) is 5.54. The molecule has 0 radical (unpaired) electrons. The first kappa shape index (κ1) is 12.6. The molecular weight excluding hydrogens is 248 g/mol. The minimum absolute atomic E-state index is 0.162. The van der Waals surface area contributed by atoms with Gasteiger partial charge in [-0.05, 0) is 12.2 Å². The molecule has 0 bridgehead atoms. The number of carboxylic acids is 1. The molecule has 0 aromatic carbocycles. The second-order valence-corrected chi connectivity index (χ2v) is 4.49. The summed E-state index contributed by atoms with van der Waals surface area (Å²) in [7, 11) is 0. The fourth-order valence-corrected chi connectivity index (χ4v) is 2.18. The van der Waals surface area contributed by atoms with Gasteiger partial charge in [-0.2, -0.15) is 0 Å². The van der Waals surface area contributed by atoms with Crippen molar-refractivity contribution in [2.24, 2.45) is 4.99 Å². The van der Waals surface area contributed by atoms with Crippen molar-refractivity contribution < 1.29 is 15.0 Å².